The maximum atomic E-state index is 13.4. The fourth-order valence-corrected chi connectivity index (χ4v) is 7.53. The number of carbonyl (C=O) groups excluding carboxylic acids is 2. The van der Waals surface area contributed by atoms with Crippen molar-refractivity contribution in [2.24, 2.45) is 35.0 Å². The van der Waals surface area contributed by atoms with Gasteiger partial charge in [-0.25, -0.2) is 4.79 Å². The van der Waals surface area contributed by atoms with E-state index in [9.17, 15) is 19.5 Å². The van der Waals surface area contributed by atoms with Crippen LogP contribution in [-0.2, 0) is 27.2 Å². The third-order valence-electron chi connectivity index (χ3n) is 8.01. The van der Waals surface area contributed by atoms with Gasteiger partial charge in [-0.1, -0.05) is 20.8 Å². The number of carboxylic acid groups (broad SMARTS) is 1. The molecular formula is C25H35NO5S. The average Bonchev–Trinajstić information content (AvgIpc) is 3.10. The Balaban J connectivity index is 1.64. The van der Waals surface area contributed by atoms with E-state index in [0.29, 0.717) is 16.5 Å². The summed E-state index contributed by atoms with van der Waals surface area (Å²) in [4.78, 5) is 39.5. The first-order chi connectivity index (χ1) is 15.1. The molecule has 5 rings (SSSR count). The Kier molecular flexibility index (Phi) is 6.40. The zero-order valence-electron chi connectivity index (χ0n) is 19.5. The van der Waals surface area contributed by atoms with Gasteiger partial charge in [0, 0.05) is 4.88 Å². The van der Waals surface area contributed by atoms with Crippen LogP contribution in [0.25, 0.3) is 0 Å². The van der Waals surface area contributed by atoms with Crippen molar-refractivity contribution in [3.63, 3.8) is 0 Å². The fourth-order valence-electron chi connectivity index (χ4n) is 6.21. The number of anilines is 1. The van der Waals surface area contributed by atoms with E-state index in [4.69, 9.17) is 4.74 Å². The number of amides is 1. The van der Waals surface area contributed by atoms with Crippen molar-refractivity contribution < 1.29 is 24.2 Å². The summed E-state index contributed by atoms with van der Waals surface area (Å²) in [6, 6.07) is 0. The lowest BCUT2D eigenvalue weighted by Gasteiger charge is -2.45. The molecule has 0 aromatic carbocycles. The summed E-state index contributed by atoms with van der Waals surface area (Å²) in [5.41, 5.74) is 1.66. The van der Waals surface area contributed by atoms with Crippen molar-refractivity contribution in [1.82, 2.24) is 0 Å². The van der Waals surface area contributed by atoms with Crippen LogP contribution in [0.1, 0.15) is 80.6 Å². The van der Waals surface area contributed by atoms with Gasteiger partial charge in [-0.3, -0.25) is 9.59 Å². The summed E-state index contributed by atoms with van der Waals surface area (Å²) in [6.07, 6.45) is 6.28. The molecule has 0 spiro atoms. The Morgan fingerprint density at radius 2 is 1.69 bits per heavy atom. The lowest BCUT2D eigenvalue weighted by Crippen LogP contribution is -2.49. The highest BCUT2D eigenvalue weighted by molar-refractivity contribution is 7.17. The van der Waals surface area contributed by atoms with Crippen LogP contribution < -0.4 is 5.32 Å². The Bertz CT molecular complexity index is 906. The van der Waals surface area contributed by atoms with Crippen LogP contribution in [0, 0.1) is 35.0 Å². The molecule has 6 nitrogen and oxygen atoms in total. The molecule has 0 unspecified atom stereocenters. The van der Waals surface area contributed by atoms with Crippen molar-refractivity contribution in [2.45, 2.75) is 72.6 Å². The molecule has 0 saturated heterocycles. The molecule has 1 heterocycles. The Morgan fingerprint density at radius 1 is 1.06 bits per heavy atom. The summed E-state index contributed by atoms with van der Waals surface area (Å²) in [5, 5.41) is 13.4. The highest BCUT2D eigenvalue weighted by Gasteiger charge is 2.50. The number of aliphatic carboxylic acids is 1. The topological polar surface area (TPSA) is 92.7 Å². The van der Waals surface area contributed by atoms with E-state index in [1.165, 1.54) is 11.3 Å². The molecule has 3 atom stereocenters. The van der Waals surface area contributed by atoms with Crippen LogP contribution in [0.4, 0.5) is 5.00 Å². The molecule has 2 bridgehead atoms. The number of rotatable bonds is 5. The van der Waals surface area contributed by atoms with Crippen molar-refractivity contribution >= 4 is 34.2 Å². The van der Waals surface area contributed by atoms with Crippen LogP contribution >= 0.6 is 11.3 Å². The van der Waals surface area contributed by atoms with Crippen LogP contribution in [0.5, 0.6) is 0 Å². The molecule has 3 fully saturated rings. The maximum Gasteiger partial charge on any atom is 0.341 e. The van der Waals surface area contributed by atoms with Crippen molar-refractivity contribution in [2.75, 3.05) is 11.9 Å². The molecule has 176 valence electrons. The molecular weight excluding hydrogens is 426 g/mol. The molecule has 1 amide bonds. The number of carboxylic acids is 1. The van der Waals surface area contributed by atoms with Gasteiger partial charge in [0.1, 0.15) is 5.00 Å². The number of esters is 1. The van der Waals surface area contributed by atoms with E-state index in [1.807, 2.05) is 0 Å². The van der Waals surface area contributed by atoms with Crippen molar-refractivity contribution in [3.8, 4) is 0 Å². The van der Waals surface area contributed by atoms with Crippen molar-refractivity contribution in [3.05, 3.63) is 16.0 Å². The second-order valence-corrected chi connectivity index (χ2v) is 11.9. The minimum absolute atomic E-state index is 0.0712. The summed E-state index contributed by atoms with van der Waals surface area (Å²) < 4.78 is 5.35. The molecule has 1 aromatic heterocycles. The van der Waals surface area contributed by atoms with Gasteiger partial charge in [-0.05, 0) is 80.6 Å². The van der Waals surface area contributed by atoms with E-state index in [2.05, 4.69) is 26.1 Å². The molecule has 4 aliphatic carbocycles. The predicted molar refractivity (Wildman–Crippen MR) is 124 cm³/mol. The summed E-state index contributed by atoms with van der Waals surface area (Å²) in [6.45, 7) is 8.79. The first-order valence-electron chi connectivity index (χ1n) is 12.0. The van der Waals surface area contributed by atoms with Gasteiger partial charge >= 0.3 is 11.9 Å². The van der Waals surface area contributed by atoms with Crippen LogP contribution in [0.3, 0.4) is 0 Å². The van der Waals surface area contributed by atoms with Gasteiger partial charge in [0.2, 0.25) is 5.91 Å². The number of fused-ring (bicyclic) bond motifs is 4. The minimum atomic E-state index is -0.872. The molecule has 0 aliphatic heterocycles. The van der Waals surface area contributed by atoms with Crippen LogP contribution in [0.2, 0.25) is 0 Å². The number of thiophene rings is 1. The largest absolute Gasteiger partial charge is 0.481 e. The Hall–Kier alpha value is -1.89. The summed E-state index contributed by atoms with van der Waals surface area (Å²) in [5.74, 6) is -1.99. The summed E-state index contributed by atoms with van der Waals surface area (Å²) in [7, 11) is 0. The fraction of sp³-hybridized carbons (Fsp3) is 0.720. The van der Waals surface area contributed by atoms with E-state index < -0.39 is 23.8 Å². The van der Waals surface area contributed by atoms with E-state index in [-0.39, 0.29) is 29.8 Å². The standard InChI is InChI=1S/C25H35NO5S/c1-5-31-24(30)20-16-11-10-15(25(2,3)4)12-17(16)32-22(20)26-21(27)18-13-6-8-14(9-7-13)19(18)23(28)29/h13-15,18-19H,5-12H2,1-4H3,(H,26,27)(H,28,29)/t13?,14?,15-,18+,19-/m0/s1. The molecule has 3 saturated carbocycles. The highest BCUT2D eigenvalue weighted by atomic mass is 32.1. The van der Waals surface area contributed by atoms with Gasteiger partial charge < -0.3 is 15.2 Å². The van der Waals surface area contributed by atoms with Gasteiger partial charge in [0.05, 0.1) is 24.0 Å². The van der Waals surface area contributed by atoms with Crippen LogP contribution in [0.15, 0.2) is 0 Å². The molecule has 1 aromatic rings. The maximum absolute atomic E-state index is 13.4. The van der Waals surface area contributed by atoms with Crippen molar-refractivity contribution in [1.29, 1.82) is 0 Å². The molecule has 2 N–H and O–H groups in total. The zero-order chi connectivity index (χ0) is 23.2. The molecule has 0 radical (unpaired) electrons. The highest BCUT2D eigenvalue weighted by Crippen LogP contribution is 2.50. The second-order valence-electron chi connectivity index (χ2n) is 10.8. The van der Waals surface area contributed by atoms with Crippen LogP contribution in [-0.4, -0.2) is 29.6 Å². The number of hydrogen-bond acceptors (Lipinski definition) is 5. The number of hydrogen-bond donors (Lipinski definition) is 2. The monoisotopic (exact) mass is 461 g/mol. The SMILES string of the molecule is CCOC(=O)c1c(NC(=O)[C@@H]2C3CCC(CC3)[C@@H]2C(=O)O)sc2c1CC[C@H](C(C)(C)C)C2. The number of nitrogens with one attached hydrogen (secondary N) is 1. The van der Waals surface area contributed by atoms with Gasteiger partial charge in [-0.2, -0.15) is 0 Å². The number of carbonyl (C=O) groups is 3. The van der Waals surface area contributed by atoms with Gasteiger partial charge in [0.25, 0.3) is 0 Å². The molecule has 4 aliphatic rings. The van der Waals surface area contributed by atoms with E-state index in [1.54, 1.807) is 6.92 Å². The lowest BCUT2D eigenvalue weighted by atomic mass is 9.58. The first kappa shape index (κ1) is 23.3. The summed E-state index contributed by atoms with van der Waals surface area (Å²) >= 11 is 1.48. The average molecular weight is 462 g/mol. The Morgan fingerprint density at radius 3 is 2.25 bits per heavy atom. The lowest BCUT2D eigenvalue weighted by molar-refractivity contribution is -0.156. The quantitative estimate of drug-likeness (QED) is 0.592. The first-order valence-corrected chi connectivity index (χ1v) is 12.8. The zero-order valence-corrected chi connectivity index (χ0v) is 20.3. The Labute approximate surface area is 194 Å². The number of ether oxygens (including phenoxy) is 1. The van der Waals surface area contributed by atoms with E-state index in [0.717, 1.165) is 55.4 Å². The van der Waals surface area contributed by atoms with E-state index >= 15 is 0 Å². The van der Waals surface area contributed by atoms with Gasteiger partial charge in [0.15, 0.2) is 0 Å². The molecule has 32 heavy (non-hydrogen) atoms. The second kappa shape index (κ2) is 8.81. The third kappa shape index (κ3) is 4.20. The predicted octanol–water partition coefficient (Wildman–Crippen LogP) is 5.15. The molecule has 7 heteroatoms. The normalized spacial score (nSPS) is 29.3. The van der Waals surface area contributed by atoms with Gasteiger partial charge in [-0.15, -0.1) is 11.3 Å². The third-order valence-corrected chi connectivity index (χ3v) is 9.18. The minimum Gasteiger partial charge on any atom is -0.481 e. The smallest absolute Gasteiger partial charge is 0.341 e.